The van der Waals surface area contributed by atoms with E-state index >= 15 is 0 Å². The van der Waals surface area contributed by atoms with Crippen LogP contribution < -0.4 is 0 Å². The van der Waals surface area contributed by atoms with Crippen molar-refractivity contribution in [2.75, 3.05) is 0 Å². The van der Waals surface area contributed by atoms with Gasteiger partial charge in [-0.05, 0) is 56.9 Å². The van der Waals surface area contributed by atoms with E-state index in [9.17, 15) is 10.2 Å². The maximum absolute atomic E-state index is 10.1. The second-order valence-electron chi connectivity index (χ2n) is 4.76. The van der Waals surface area contributed by atoms with Gasteiger partial charge >= 0.3 is 0 Å². The molecule has 0 fully saturated rings. The molecule has 0 saturated carbocycles. The number of rotatable bonds is 2. The predicted octanol–water partition coefficient (Wildman–Crippen LogP) is 5.19. The van der Waals surface area contributed by atoms with Crippen molar-refractivity contribution in [2.45, 2.75) is 0 Å². The number of hydrogen-bond acceptors (Lipinski definition) is 2. The molecule has 3 heteroatoms. The van der Waals surface area contributed by atoms with E-state index in [-0.39, 0.29) is 11.5 Å². The summed E-state index contributed by atoms with van der Waals surface area (Å²) in [4.78, 5) is 0. The first-order valence-corrected chi connectivity index (χ1v) is 7.32. The average molecular weight is 341 g/mol. The lowest BCUT2D eigenvalue weighted by molar-refractivity contribution is 0.471. The molecule has 0 aliphatic rings. The normalized spacial score (nSPS) is 10.5. The van der Waals surface area contributed by atoms with Crippen molar-refractivity contribution in [2.24, 2.45) is 0 Å². The third kappa shape index (κ3) is 2.78. The van der Waals surface area contributed by atoms with Crippen molar-refractivity contribution in [1.29, 1.82) is 0 Å². The monoisotopic (exact) mass is 340 g/mol. The smallest absolute Gasteiger partial charge is 0.129 e. The fourth-order valence-electron chi connectivity index (χ4n) is 2.25. The maximum Gasteiger partial charge on any atom is 0.129 e. The summed E-state index contributed by atoms with van der Waals surface area (Å²) >= 11 is 3.30. The topological polar surface area (TPSA) is 40.5 Å². The summed E-state index contributed by atoms with van der Waals surface area (Å²) in [6.45, 7) is 0. The molecule has 0 unspecified atom stereocenters. The van der Waals surface area contributed by atoms with Gasteiger partial charge in [0.2, 0.25) is 0 Å². The summed E-state index contributed by atoms with van der Waals surface area (Å²) < 4.78 is 0.601. The minimum Gasteiger partial charge on any atom is -0.507 e. The van der Waals surface area contributed by atoms with Crippen molar-refractivity contribution in [1.82, 2.24) is 0 Å². The number of phenols is 2. The van der Waals surface area contributed by atoms with Crippen molar-refractivity contribution in [3.8, 4) is 33.8 Å². The van der Waals surface area contributed by atoms with Gasteiger partial charge in [-0.1, -0.05) is 42.5 Å². The van der Waals surface area contributed by atoms with Crippen LogP contribution in [0.1, 0.15) is 0 Å². The van der Waals surface area contributed by atoms with Gasteiger partial charge in [0.05, 0.1) is 4.47 Å². The molecule has 0 bridgehead atoms. The lowest BCUT2D eigenvalue weighted by Gasteiger charge is -2.09. The molecule has 0 aromatic heterocycles. The van der Waals surface area contributed by atoms with Crippen LogP contribution in [0.3, 0.4) is 0 Å². The Hall–Kier alpha value is -2.26. The zero-order valence-corrected chi connectivity index (χ0v) is 12.7. The van der Waals surface area contributed by atoms with Crippen molar-refractivity contribution in [3.63, 3.8) is 0 Å². The van der Waals surface area contributed by atoms with E-state index in [1.165, 1.54) is 0 Å². The molecule has 0 radical (unpaired) electrons. The fourth-order valence-corrected chi connectivity index (χ4v) is 2.63. The molecule has 0 aliphatic carbocycles. The Labute approximate surface area is 131 Å². The van der Waals surface area contributed by atoms with E-state index in [4.69, 9.17) is 0 Å². The molecule has 104 valence electrons. The molecule has 2 nitrogen and oxygen atoms in total. The highest BCUT2D eigenvalue weighted by Gasteiger charge is 2.09. The van der Waals surface area contributed by atoms with Gasteiger partial charge < -0.3 is 10.2 Å². The van der Waals surface area contributed by atoms with Crippen molar-refractivity contribution >= 4 is 15.9 Å². The standard InChI is InChI=1S/C18H13BrO2/c19-16-11-14(7-9-18(16)21)15-10-13(6-8-17(15)20)12-4-2-1-3-5-12/h1-11,20-21H. The van der Waals surface area contributed by atoms with E-state index in [0.29, 0.717) is 4.47 Å². The highest BCUT2D eigenvalue weighted by molar-refractivity contribution is 9.10. The van der Waals surface area contributed by atoms with E-state index in [2.05, 4.69) is 15.9 Å². The number of benzene rings is 3. The zero-order valence-electron chi connectivity index (χ0n) is 11.1. The minimum atomic E-state index is 0.178. The van der Waals surface area contributed by atoms with Crippen LogP contribution in [0.15, 0.2) is 71.2 Å². The molecule has 0 heterocycles. The second-order valence-corrected chi connectivity index (χ2v) is 5.62. The molecular weight excluding hydrogens is 328 g/mol. The first kappa shape index (κ1) is 13.7. The Morgan fingerprint density at radius 1 is 0.619 bits per heavy atom. The molecule has 21 heavy (non-hydrogen) atoms. The minimum absolute atomic E-state index is 0.178. The third-order valence-corrected chi connectivity index (χ3v) is 4.00. The molecule has 0 atom stereocenters. The third-order valence-electron chi connectivity index (χ3n) is 3.36. The van der Waals surface area contributed by atoms with Crippen LogP contribution in [0.25, 0.3) is 22.3 Å². The lowest BCUT2D eigenvalue weighted by Crippen LogP contribution is -1.83. The fraction of sp³-hybridized carbons (Fsp3) is 0. The summed E-state index contributed by atoms with van der Waals surface area (Å²) in [7, 11) is 0. The summed E-state index contributed by atoms with van der Waals surface area (Å²) in [5.41, 5.74) is 3.70. The van der Waals surface area contributed by atoms with Crippen LogP contribution in [-0.4, -0.2) is 10.2 Å². The van der Waals surface area contributed by atoms with Gasteiger partial charge in [0, 0.05) is 5.56 Å². The van der Waals surface area contributed by atoms with Crippen LogP contribution in [0.5, 0.6) is 11.5 Å². The molecule has 0 saturated heterocycles. The first-order valence-electron chi connectivity index (χ1n) is 6.52. The highest BCUT2D eigenvalue weighted by atomic mass is 79.9. The van der Waals surface area contributed by atoms with E-state index in [1.807, 2.05) is 42.5 Å². The number of hydrogen-bond donors (Lipinski definition) is 2. The van der Waals surface area contributed by atoms with Crippen LogP contribution in [0, 0.1) is 0 Å². The summed E-state index contributed by atoms with van der Waals surface area (Å²) in [6.07, 6.45) is 0. The summed E-state index contributed by atoms with van der Waals surface area (Å²) in [5, 5.41) is 19.7. The predicted molar refractivity (Wildman–Crippen MR) is 88.3 cm³/mol. The first-order chi connectivity index (χ1) is 10.1. The average Bonchev–Trinajstić information content (AvgIpc) is 2.51. The SMILES string of the molecule is Oc1ccc(-c2cc(-c3ccccc3)ccc2O)cc1Br. The summed E-state index contributed by atoms with van der Waals surface area (Å²) in [5.74, 6) is 0.393. The molecule has 3 aromatic rings. The van der Waals surface area contributed by atoms with E-state index in [1.54, 1.807) is 24.3 Å². The van der Waals surface area contributed by atoms with Gasteiger partial charge in [-0.3, -0.25) is 0 Å². The van der Waals surface area contributed by atoms with Crippen LogP contribution in [0.2, 0.25) is 0 Å². The zero-order chi connectivity index (χ0) is 14.8. The Morgan fingerprint density at radius 3 is 2.00 bits per heavy atom. The van der Waals surface area contributed by atoms with E-state index < -0.39 is 0 Å². The lowest BCUT2D eigenvalue weighted by atomic mass is 9.98. The van der Waals surface area contributed by atoms with Gasteiger partial charge in [0.25, 0.3) is 0 Å². The van der Waals surface area contributed by atoms with Crippen molar-refractivity contribution in [3.05, 3.63) is 71.2 Å². The molecule has 0 aliphatic heterocycles. The number of halogens is 1. The van der Waals surface area contributed by atoms with Gasteiger partial charge in [-0.25, -0.2) is 0 Å². The van der Waals surface area contributed by atoms with Crippen LogP contribution >= 0.6 is 15.9 Å². The molecule has 0 spiro atoms. The molecule has 2 N–H and O–H groups in total. The van der Waals surface area contributed by atoms with Gasteiger partial charge in [-0.15, -0.1) is 0 Å². The van der Waals surface area contributed by atoms with Gasteiger partial charge in [-0.2, -0.15) is 0 Å². The largest absolute Gasteiger partial charge is 0.507 e. The van der Waals surface area contributed by atoms with Crippen LogP contribution in [0.4, 0.5) is 0 Å². The maximum atomic E-state index is 10.1. The Bertz CT molecular complexity index is 782. The van der Waals surface area contributed by atoms with E-state index in [0.717, 1.165) is 22.3 Å². The molecular formula is C18H13BrO2. The second kappa shape index (κ2) is 5.62. The Kier molecular flexibility index (Phi) is 3.67. The van der Waals surface area contributed by atoms with Crippen LogP contribution in [-0.2, 0) is 0 Å². The van der Waals surface area contributed by atoms with Crippen molar-refractivity contribution < 1.29 is 10.2 Å². The quantitative estimate of drug-likeness (QED) is 0.673. The van der Waals surface area contributed by atoms with Gasteiger partial charge in [0.15, 0.2) is 0 Å². The number of phenolic OH excluding ortho intramolecular Hbond substituents is 2. The van der Waals surface area contributed by atoms with Gasteiger partial charge in [0.1, 0.15) is 11.5 Å². The summed E-state index contributed by atoms with van der Waals surface area (Å²) in [6, 6.07) is 20.7. The molecule has 3 aromatic carbocycles. The number of aromatic hydroxyl groups is 2. The Balaban J connectivity index is 2.12. The highest BCUT2D eigenvalue weighted by Crippen LogP contribution is 2.36. The molecule has 3 rings (SSSR count). The molecule has 0 amide bonds. The Morgan fingerprint density at radius 2 is 1.29 bits per heavy atom.